The van der Waals surface area contributed by atoms with Gasteiger partial charge < -0.3 is 4.31 Å². The lowest BCUT2D eigenvalue weighted by molar-refractivity contribution is 0.775. The minimum Gasteiger partial charge on any atom is -0.325 e. The Kier molecular flexibility index (Phi) is 4.45. The molecule has 2 nitrogen and oxygen atoms in total. The predicted octanol–water partition coefficient (Wildman–Crippen LogP) is 1.37. The van der Waals surface area contributed by atoms with Crippen LogP contribution in [0.15, 0.2) is 17.4 Å². The van der Waals surface area contributed by atoms with E-state index in [4.69, 9.17) is 0 Å². The van der Waals surface area contributed by atoms with Crippen molar-refractivity contribution >= 4 is 18.7 Å². The summed E-state index contributed by atoms with van der Waals surface area (Å²) in [4.78, 5) is 3.54. The van der Waals surface area contributed by atoms with Crippen LogP contribution in [0, 0.1) is 0 Å². The molecule has 8 heavy (non-hydrogen) atoms. The van der Waals surface area contributed by atoms with E-state index in [2.05, 4.69) is 11.7 Å². The van der Waals surface area contributed by atoms with Crippen LogP contribution in [0.3, 0.4) is 0 Å². The highest BCUT2D eigenvalue weighted by Crippen LogP contribution is 1.99. The van der Waals surface area contributed by atoms with Gasteiger partial charge in [-0.05, 0) is 6.72 Å². The van der Waals surface area contributed by atoms with Crippen LogP contribution in [-0.4, -0.2) is 24.3 Å². The summed E-state index contributed by atoms with van der Waals surface area (Å²) < 4.78 is 1.94. The molecule has 0 aliphatic carbocycles. The third kappa shape index (κ3) is 3.74. The van der Waals surface area contributed by atoms with E-state index < -0.39 is 0 Å². The molecule has 0 bridgehead atoms. The van der Waals surface area contributed by atoms with Gasteiger partial charge in [0.2, 0.25) is 0 Å². The Balaban J connectivity index is 3.35. The maximum absolute atomic E-state index is 3.54. The van der Waals surface area contributed by atoms with Gasteiger partial charge in [0, 0.05) is 25.7 Å². The molecule has 0 aromatic carbocycles. The molecule has 0 amide bonds. The largest absolute Gasteiger partial charge is 0.325 e. The van der Waals surface area contributed by atoms with E-state index in [1.54, 1.807) is 18.1 Å². The molecule has 0 spiro atoms. The summed E-state index contributed by atoms with van der Waals surface area (Å²) >= 11 is 1.62. The summed E-state index contributed by atoms with van der Waals surface area (Å²) in [6, 6.07) is 0. The van der Waals surface area contributed by atoms with Crippen LogP contribution in [0.25, 0.3) is 0 Å². The van der Waals surface area contributed by atoms with Gasteiger partial charge >= 0.3 is 0 Å². The van der Waals surface area contributed by atoms with Crippen molar-refractivity contribution in [1.29, 1.82) is 0 Å². The molecule has 0 aliphatic rings. The molecule has 0 N–H and O–H groups in total. The van der Waals surface area contributed by atoms with Crippen LogP contribution in [0.1, 0.15) is 0 Å². The SMILES string of the molecule is C=N/C=C\N(C)SC. The second kappa shape index (κ2) is 4.71. The molecule has 0 fully saturated rings. The smallest absolute Gasteiger partial charge is 0.0428 e. The number of hydrogen-bond donors (Lipinski definition) is 0. The highest BCUT2D eigenvalue weighted by Gasteiger charge is 1.78. The van der Waals surface area contributed by atoms with Gasteiger partial charge in [-0.1, -0.05) is 11.9 Å². The molecule has 46 valence electrons. The van der Waals surface area contributed by atoms with Gasteiger partial charge in [-0.2, -0.15) is 0 Å². The van der Waals surface area contributed by atoms with Crippen LogP contribution < -0.4 is 0 Å². The van der Waals surface area contributed by atoms with Crippen LogP contribution in [-0.2, 0) is 0 Å². The number of rotatable bonds is 3. The zero-order valence-electron chi connectivity index (χ0n) is 5.16. The topological polar surface area (TPSA) is 15.6 Å². The zero-order chi connectivity index (χ0) is 6.41. The monoisotopic (exact) mass is 130 g/mol. The summed E-state index contributed by atoms with van der Waals surface area (Å²) in [6.07, 6.45) is 5.49. The maximum Gasteiger partial charge on any atom is 0.0428 e. The quantitative estimate of drug-likeness (QED) is 0.423. The highest BCUT2D eigenvalue weighted by molar-refractivity contribution is 7.96. The van der Waals surface area contributed by atoms with Gasteiger partial charge in [0.25, 0.3) is 0 Å². The second-order valence-corrected chi connectivity index (χ2v) is 2.15. The van der Waals surface area contributed by atoms with Crippen molar-refractivity contribution in [1.82, 2.24) is 4.31 Å². The number of nitrogens with zero attached hydrogens (tertiary/aromatic N) is 2. The van der Waals surface area contributed by atoms with Crippen molar-refractivity contribution in [2.45, 2.75) is 0 Å². The molecule has 0 rings (SSSR count). The summed E-state index contributed by atoms with van der Waals surface area (Å²) in [7, 11) is 1.95. The van der Waals surface area contributed by atoms with Gasteiger partial charge in [0.05, 0.1) is 0 Å². The van der Waals surface area contributed by atoms with E-state index in [1.165, 1.54) is 0 Å². The Hall–Kier alpha value is -0.440. The summed E-state index contributed by atoms with van der Waals surface area (Å²) in [5.74, 6) is 0. The average molecular weight is 130 g/mol. The van der Waals surface area contributed by atoms with Crippen LogP contribution in [0.4, 0.5) is 0 Å². The molecule has 0 aromatic rings. The third-order valence-electron chi connectivity index (χ3n) is 0.670. The van der Waals surface area contributed by atoms with E-state index in [0.717, 1.165) is 0 Å². The normalized spacial score (nSPS) is 9.75. The molecule has 0 heterocycles. The number of hydrogen-bond acceptors (Lipinski definition) is 3. The Morgan fingerprint density at radius 1 is 1.75 bits per heavy atom. The lowest BCUT2D eigenvalue weighted by Gasteiger charge is -2.05. The first-order valence-corrected chi connectivity index (χ1v) is 3.39. The summed E-state index contributed by atoms with van der Waals surface area (Å²) in [5, 5.41) is 0. The minimum absolute atomic E-state index is 1.62. The Morgan fingerprint density at radius 2 is 2.38 bits per heavy atom. The second-order valence-electron chi connectivity index (χ2n) is 1.21. The van der Waals surface area contributed by atoms with Gasteiger partial charge in [0.15, 0.2) is 0 Å². The first-order valence-electron chi connectivity index (χ1n) is 2.20. The highest BCUT2D eigenvalue weighted by atomic mass is 32.2. The lowest BCUT2D eigenvalue weighted by atomic mass is 10.9. The first kappa shape index (κ1) is 7.56. The average Bonchev–Trinajstić information content (AvgIpc) is 1.83. The standard InChI is InChI=1S/C5H10N2S/c1-6-4-5-7(2)8-3/h4-5H,1H2,2-3H3/b5-4-. The van der Waals surface area contributed by atoms with Crippen molar-refractivity contribution in [3.63, 3.8) is 0 Å². The maximum atomic E-state index is 3.54. The molecule has 0 radical (unpaired) electrons. The van der Waals surface area contributed by atoms with E-state index in [-0.39, 0.29) is 0 Å². The van der Waals surface area contributed by atoms with Crippen molar-refractivity contribution in [2.24, 2.45) is 4.99 Å². The van der Waals surface area contributed by atoms with E-state index in [0.29, 0.717) is 0 Å². The van der Waals surface area contributed by atoms with Crippen molar-refractivity contribution in [2.75, 3.05) is 13.3 Å². The Morgan fingerprint density at radius 3 is 2.75 bits per heavy atom. The predicted molar refractivity (Wildman–Crippen MR) is 40.0 cm³/mol. The fraction of sp³-hybridized carbons (Fsp3) is 0.400. The Labute approximate surface area is 54.4 Å². The molecule has 0 aromatic heterocycles. The van der Waals surface area contributed by atoms with Crippen LogP contribution >= 0.6 is 11.9 Å². The Bertz CT molecular complexity index is 90.4. The van der Waals surface area contributed by atoms with E-state index in [9.17, 15) is 0 Å². The molecule has 0 aliphatic heterocycles. The molecular weight excluding hydrogens is 120 g/mol. The van der Waals surface area contributed by atoms with Gasteiger partial charge in [-0.3, -0.25) is 4.99 Å². The minimum atomic E-state index is 1.62. The van der Waals surface area contributed by atoms with Gasteiger partial charge in [0.1, 0.15) is 0 Å². The molecular formula is C5H10N2S. The molecule has 0 unspecified atom stereocenters. The van der Waals surface area contributed by atoms with Gasteiger partial charge in [-0.15, -0.1) is 0 Å². The fourth-order valence-corrected chi connectivity index (χ4v) is 0.378. The van der Waals surface area contributed by atoms with E-state index >= 15 is 0 Å². The summed E-state index contributed by atoms with van der Waals surface area (Å²) in [6.45, 7) is 3.29. The molecule has 0 saturated carbocycles. The lowest BCUT2D eigenvalue weighted by Crippen LogP contribution is -1.95. The van der Waals surface area contributed by atoms with Crippen LogP contribution in [0.2, 0.25) is 0 Å². The van der Waals surface area contributed by atoms with Gasteiger partial charge in [-0.25, -0.2) is 0 Å². The molecule has 0 atom stereocenters. The summed E-state index contributed by atoms with van der Waals surface area (Å²) in [5.41, 5.74) is 0. The molecule has 0 saturated heterocycles. The third-order valence-corrected chi connectivity index (χ3v) is 1.37. The van der Waals surface area contributed by atoms with Crippen molar-refractivity contribution < 1.29 is 0 Å². The van der Waals surface area contributed by atoms with Crippen LogP contribution in [0.5, 0.6) is 0 Å². The number of aliphatic imine (C=N–C) groups is 1. The van der Waals surface area contributed by atoms with E-state index in [1.807, 2.05) is 23.8 Å². The zero-order valence-corrected chi connectivity index (χ0v) is 5.98. The fourth-order valence-electron chi connectivity index (χ4n) is 0.202. The molecule has 3 heteroatoms. The van der Waals surface area contributed by atoms with Crippen molar-refractivity contribution in [3.05, 3.63) is 12.4 Å². The van der Waals surface area contributed by atoms with Crippen molar-refractivity contribution in [3.8, 4) is 0 Å². The first-order chi connectivity index (χ1) is 3.81.